The van der Waals surface area contributed by atoms with E-state index in [0.717, 1.165) is 63.0 Å². The smallest absolute Gasteiger partial charge is 0.324 e. The molecule has 0 spiro atoms. The van der Waals surface area contributed by atoms with E-state index in [2.05, 4.69) is 21.8 Å². The van der Waals surface area contributed by atoms with Crippen molar-refractivity contribution in [1.29, 1.82) is 0 Å². The predicted molar refractivity (Wildman–Crippen MR) is 150 cm³/mol. The number of aromatic nitrogens is 1. The number of rotatable bonds is 7. The third-order valence-corrected chi connectivity index (χ3v) is 11.9. The standard InChI is InChI=1S/C26H42N6O4S2/c1-5-23(31-17-15-29(4)16-18-31)38(35,36)24-19(2)27-25(37-24)28-26(34)32(21-9-7-6-8-10-21)22-11-13-30(14-12-22)20(3)33/h5,21-23H,1,6-18H2,2-4H3,(H,27,28,34). The molecule has 1 atom stereocenters. The monoisotopic (exact) mass is 566 g/mol. The molecule has 10 nitrogen and oxygen atoms in total. The molecular weight excluding hydrogens is 524 g/mol. The third-order valence-electron chi connectivity index (χ3n) is 8.15. The molecule has 0 radical (unpaired) electrons. The number of piperidine rings is 1. The van der Waals surface area contributed by atoms with E-state index in [1.807, 2.05) is 21.7 Å². The molecule has 1 aromatic heterocycles. The Morgan fingerprint density at radius 2 is 1.66 bits per heavy atom. The number of hydrogen-bond donors (Lipinski definition) is 1. The molecule has 3 fully saturated rings. The highest BCUT2D eigenvalue weighted by atomic mass is 32.2. The summed E-state index contributed by atoms with van der Waals surface area (Å²) in [6.45, 7) is 11.3. The Bertz CT molecular complexity index is 1100. The van der Waals surface area contributed by atoms with Crippen LogP contribution in [0.3, 0.4) is 0 Å². The first kappa shape index (κ1) is 29.0. The van der Waals surface area contributed by atoms with Gasteiger partial charge >= 0.3 is 6.03 Å². The van der Waals surface area contributed by atoms with E-state index in [1.54, 1.807) is 13.8 Å². The number of piperazine rings is 1. The fraction of sp³-hybridized carbons (Fsp3) is 0.731. The Kier molecular flexibility index (Phi) is 9.49. The number of thiazole rings is 1. The number of nitrogens with one attached hydrogen (secondary N) is 1. The fourth-order valence-corrected chi connectivity index (χ4v) is 9.18. The highest BCUT2D eigenvalue weighted by Gasteiger charge is 2.37. The molecule has 4 rings (SSSR count). The zero-order chi connectivity index (χ0) is 27.4. The minimum absolute atomic E-state index is 0.0420. The molecule has 1 saturated carbocycles. The van der Waals surface area contributed by atoms with Crippen LogP contribution < -0.4 is 5.32 Å². The Labute approximate surface area is 231 Å². The SMILES string of the molecule is C=CC(N1CCN(C)CC1)S(=O)(=O)c1sc(NC(=O)N(C2CCCCC2)C2CCN(C(C)=O)CC2)nc1C. The highest BCUT2D eigenvalue weighted by molar-refractivity contribution is 7.94. The summed E-state index contributed by atoms with van der Waals surface area (Å²) in [5, 5.41) is 2.42. The molecule has 1 unspecified atom stereocenters. The zero-order valence-electron chi connectivity index (χ0n) is 22.9. The van der Waals surface area contributed by atoms with Gasteiger partial charge in [-0.2, -0.15) is 0 Å². The topological polar surface area (TPSA) is 106 Å². The van der Waals surface area contributed by atoms with E-state index in [9.17, 15) is 18.0 Å². The number of likely N-dealkylation sites (tertiary alicyclic amines) is 1. The number of hydrogen-bond acceptors (Lipinski definition) is 8. The molecule has 1 N–H and O–H groups in total. The van der Waals surface area contributed by atoms with Crippen molar-refractivity contribution in [2.24, 2.45) is 0 Å². The molecule has 3 amide bonds. The first-order valence-electron chi connectivity index (χ1n) is 13.7. The Morgan fingerprint density at radius 1 is 1.05 bits per heavy atom. The van der Waals surface area contributed by atoms with Crippen molar-refractivity contribution in [3.8, 4) is 0 Å². The summed E-state index contributed by atoms with van der Waals surface area (Å²) < 4.78 is 27.5. The number of sulfone groups is 1. The molecule has 212 valence electrons. The fourth-order valence-electron chi connectivity index (χ4n) is 5.96. The van der Waals surface area contributed by atoms with E-state index < -0.39 is 15.2 Å². The van der Waals surface area contributed by atoms with Gasteiger partial charge in [-0.25, -0.2) is 18.2 Å². The molecule has 12 heteroatoms. The first-order valence-corrected chi connectivity index (χ1v) is 16.1. The number of nitrogens with zero attached hydrogens (tertiary/aromatic N) is 5. The number of amides is 3. The number of carbonyl (C=O) groups is 2. The van der Waals surface area contributed by atoms with Gasteiger partial charge in [-0.05, 0) is 39.7 Å². The van der Waals surface area contributed by atoms with Gasteiger partial charge in [0.25, 0.3) is 0 Å². The van der Waals surface area contributed by atoms with Gasteiger partial charge in [0.2, 0.25) is 15.7 Å². The van der Waals surface area contributed by atoms with E-state index in [-0.39, 0.29) is 28.2 Å². The Morgan fingerprint density at radius 3 is 2.24 bits per heavy atom. The van der Waals surface area contributed by atoms with Crippen LogP contribution in [0.2, 0.25) is 0 Å². The molecule has 3 heterocycles. The summed E-state index contributed by atoms with van der Waals surface area (Å²) in [6, 6.07) is -0.0418. The first-order chi connectivity index (χ1) is 18.1. The lowest BCUT2D eigenvalue weighted by Crippen LogP contribution is -2.54. The van der Waals surface area contributed by atoms with Gasteiger partial charge in [-0.15, -0.1) is 6.58 Å². The van der Waals surface area contributed by atoms with Crippen molar-refractivity contribution in [3.63, 3.8) is 0 Å². The second-order valence-corrected chi connectivity index (χ2v) is 14.0. The molecule has 0 aromatic carbocycles. The zero-order valence-corrected chi connectivity index (χ0v) is 24.5. The van der Waals surface area contributed by atoms with E-state index in [1.165, 1.54) is 12.5 Å². The van der Waals surface area contributed by atoms with Gasteiger partial charge in [-0.1, -0.05) is 36.7 Å². The van der Waals surface area contributed by atoms with E-state index in [0.29, 0.717) is 37.0 Å². The second-order valence-electron chi connectivity index (χ2n) is 10.8. The van der Waals surface area contributed by atoms with Gasteiger partial charge in [0.1, 0.15) is 9.58 Å². The molecule has 0 bridgehead atoms. The lowest BCUT2D eigenvalue weighted by molar-refractivity contribution is -0.130. The van der Waals surface area contributed by atoms with Crippen molar-refractivity contribution < 1.29 is 18.0 Å². The largest absolute Gasteiger partial charge is 0.343 e. The summed E-state index contributed by atoms with van der Waals surface area (Å²) in [7, 11) is -1.72. The van der Waals surface area contributed by atoms with Crippen LogP contribution in [0.5, 0.6) is 0 Å². The number of aryl methyl sites for hydroxylation is 1. The van der Waals surface area contributed by atoms with Gasteiger partial charge in [-0.3, -0.25) is 15.0 Å². The second kappa shape index (κ2) is 12.4. The summed E-state index contributed by atoms with van der Waals surface area (Å²) in [6.07, 6.45) is 8.27. The van der Waals surface area contributed by atoms with Crippen LogP contribution in [0.1, 0.15) is 57.6 Å². The maximum atomic E-state index is 13.7. The Balaban J connectivity index is 1.51. The van der Waals surface area contributed by atoms with Crippen LogP contribution in [0.15, 0.2) is 16.9 Å². The summed E-state index contributed by atoms with van der Waals surface area (Å²) in [5.41, 5.74) is 0.394. The minimum Gasteiger partial charge on any atom is -0.343 e. The predicted octanol–water partition coefficient (Wildman–Crippen LogP) is 3.16. The quantitative estimate of drug-likeness (QED) is 0.506. The summed E-state index contributed by atoms with van der Waals surface area (Å²) >= 11 is 1.02. The number of urea groups is 1. The lowest BCUT2D eigenvalue weighted by atomic mass is 9.91. The van der Waals surface area contributed by atoms with Crippen LogP contribution in [-0.2, 0) is 14.6 Å². The molecule has 3 aliphatic rings. The summed E-state index contributed by atoms with van der Waals surface area (Å²) in [4.78, 5) is 37.9. The number of anilines is 1. The molecular formula is C26H42N6O4S2. The van der Waals surface area contributed by atoms with E-state index >= 15 is 0 Å². The van der Waals surface area contributed by atoms with Gasteiger partial charge in [0, 0.05) is 58.3 Å². The van der Waals surface area contributed by atoms with Crippen molar-refractivity contribution in [3.05, 3.63) is 18.3 Å². The van der Waals surface area contributed by atoms with Crippen molar-refractivity contribution in [1.82, 2.24) is 24.6 Å². The maximum absolute atomic E-state index is 13.7. The highest BCUT2D eigenvalue weighted by Crippen LogP contribution is 2.33. The van der Waals surface area contributed by atoms with Crippen molar-refractivity contribution in [2.45, 2.75) is 80.5 Å². The molecule has 2 saturated heterocycles. The van der Waals surface area contributed by atoms with E-state index in [4.69, 9.17) is 0 Å². The summed E-state index contributed by atoms with van der Waals surface area (Å²) in [5.74, 6) is 0.0681. The molecule has 2 aliphatic heterocycles. The third kappa shape index (κ3) is 6.40. The molecule has 1 aliphatic carbocycles. The van der Waals surface area contributed by atoms with Crippen LogP contribution in [0, 0.1) is 6.92 Å². The van der Waals surface area contributed by atoms with Gasteiger partial charge in [0.05, 0.1) is 5.69 Å². The van der Waals surface area contributed by atoms with Crippen molar-refractivity contribution >= 4 is 38.2 Å². The van der Waals surface area contributed by atoms with Crippen LogP contribution in [0.4, 0.5) is 9.93 Å². The number of carbonyl (C=O) groups excluding carboxylic acids is 2. The van der Waals surface area contributed by atoms with Gasteiger partial charge in [0.15, 0.2) is 5.13 Å². The van der Waals surface area contributed by atoms with Crippen LogP contribution >= 0.6 is 11.3 Å². The van der Waals surface area contributed by atoms with Crippen LogP contribution in [-0.4, -0.2) is 109 Å². The van der Waals surface area contributed by atoms with Crippen molar-refractivity contribution in [2.75, 3.05) is 51.6 Å². The average molecular weight is 567 g/mol. The molecule has 38 heavy (non-hydrogen) atoms. The normalized spacial score (nSPS) is 21.7. The maximum Gasteiger partial charge on any atom is 0.324 e. The number of likely N-dealkylation sites (N-methyl/N-ethyl adjacent to an activating group) is 1. The molecule has 1 aromatic rings. The van der Waals surface area contributed by atoms with Crippen LogP contribution in [0.25, 0.3) is 0 Å². The van der Waals surface area contributed by atoms with Gasteiger partial charge < -0.3 is 14.7 Å². The lowest BCUT2D eigenvalue weighted by Gasteiger charge is -2.43. The Hall–Kier alpha value is -2.02. The average Bonchev–Trinajstić information content (AvgIpc) is 3.27. The minimum atomic E-state index is -3.75.